The summed E-state index contributed by atoms with van der Waals surface area (Å²) in [7, 11) is 1.31. The molecule has 0 fully saturated rings. The van der Waals surface area contributed by atoms with E-state index >= 15 is 0 Å². The molecule has 8 nitrogen and oxygen atoms in total. The summed E-state index contributed by atoms with van der Waals surface area (Å²) in [6.07, 6.45) is 1.23. The summed E-state index contributed by atoms with van der Waals surface area (Å²) in [5.74, 6) is -1.10. The quantitative estimate of drug-likeness (QED) is 0.730. The number of H-pyrrole nitrogens is 1. The molecule has 0 radical (unpaired) electrons. The lowest BCUT2D eigenvalue weighted by Gasteiger charge is -2.21. The van der Waals surface area contributed by atoms with E-state index in [-0.39, 0.29) is 11.2 Å². The highest BCUT2D eigenvalue weighted by Crippen LogP contribution is 2.18. The van der Waals surface area contributed by atoms with E-state index in [9.17, 15) is 14.4 Å². The van der Waals surface area contributed by atoms with Crippen molar-refractivity contribution < 1.29 is 9.90 Å². The number of aromatic amines is 1. The minimum Gasteiger partial charge on any atom is -0.480 e. The number of imidazole rings is 1. The van der Waals surface area contributed by atoms with Crippen LogP contribution in [0.2, 0.25) is 0 Å². The minimum absolute atomic E-state index is 0.0597. The largest absolute Gasteiger partial charge is 0.480 e. The monoisotopic (exact) mass is 252 g/mol. The van der Waals surface area contributed by atoms with Crippen LogP contribution in [-0.2, 0) is 17.4 Å². The molecule has 0 spiro atoms. The van der Waals surface area contributed by atoms with Gasteiger partial charge in [-0.2, -0.15) is 0 Å². The molecule has 0 aromatic carbocycles. The average molecular weight is 252 g/mol. The van der Waals surface area contributed by atoms with E-state index in [1.807, 2.05) is 0 Å². The van der Waals surface area contributed by atoms with Gasteiger partial charge in [0.2, 0.25) is 0 Å². The van der Waals surface area contributed by atoms with Crippen molar-refractivity contribution in [1.29, 1.82) is 0 Å². The predicted octanol–water partition coefficient (Wildman–Crippen LogP) is -0.757. The van der Waals surface area contributed by atoms with Crippen molar-refractivity contribution >= 4 is 17.1 Å². The maximum absolute atomic E-state index is 12.0. The average Bonchev–Trinajstić information content (AvgIpc) is 2.70. The Labute approximate surface area is 101 Å². The van der Waals surface area contributed by atoms with Crippen molar-refractivity contribution in [3.8, 4) is 0 Å². The lowest BCUT2D eigenvalue weighted by atomic mass is 10.1. The summed E-state index contributed by atoms with van der Waals surface area (Å²) in [6, 6.07) is 0. The van der Waals surface area contributed by atoms with E-state index in [0.29, 0.717) is 0 Å². The van der Waals surface area contributed by atoms with Crippen LogP contribution in [0.25, 0.3) is 11.2 Å². The number of nitrogens with one attached hydrogen (secondary N) is 1. The van der Waals surface area contributed by atoms with Crippen molar-refractivity contribution in [3.63, 3.8) is 0 Å². The highest BCUT2D eigenvalue weighted by Gasteiger charge is 2.32. The van der Waals surface area contributed by atoms with Crippen LogP contribution in [0.1, 0.15) is 13.8 Å². The van der Waals surface area contributed by atoms with Crippen LogP contribution in [0, 0.1) is 0 Å². The smallest absolute Gasteiger partial charge is 0.329 e. The Morgan fingerprint density at radius 1 is 1.44 bits per heavy atom. The van der Waals surface area contributed by atoms with E-state index < -0.39 is 22.8 Å². The third-order valence-electron chi connectivity index (χ3n) is 2.93. The fourth-order valence-electron chi connectivity index (χ4n) is 1.61. The molecule has 0 amide bonds. The molecule has 2 aromatic rings. The molecule has 2 rings (SSSR count). The third kappa shape index (κ3) is 1.45. The zero-order chi connectivity index (χ0) is 13.7. The van der Waals surface area contributed by atoms with Gasteiger partial charge in [-0.3, -0.25) is 14.3 Å². The molecule has 0 atom stereocenters. The van der Waals surface area contributed by atoms with Crippen LogP contribution in [0.15, 0.2) is 15.9 Å². The normalized spacial score (nSPS) is 11.9. The van der Waals surface area contributed by atoms with Crippen molar-refractivity contribution in [2.75, 3.05) is 0 Å². The van der Waals surface area contributed by atoms with Gasteiger partial charge in [0.05, 0.1) is 6.33 Å². The molecule has 0 bridgehead atoms. The number of rotatable bonds is 2. The molecule has 0 saturated carbocycles. The number of hydrogen-bond donors (Lipinski definition) is 2. The van der Waals surface area contributed by atoms with Crippen molar-refractivity contribution in [2.24, 2.45) is 7.05 Å². The van der Waals surface area contributed by atoms with Crippen molar-refractivity contribution in [3.05, 3.63) is 27.2 Å². The third-order valence-corrected chi connectivity index (χ3v) is 2.93. The van der Waals surface area contributed by atoms with E-state index in [1.54, 1.807) is 0 Å². The van der Waals surface area contributed by atoms with E-state index in [4.69, 9.17) is 5.11 Å². The molecule has 2 aromatic heterocycles. The second kappa shape index (κ2) is 3.56. The van der Waals surface area contributed by atoms with Gasteiger partial charge in [-0.1, -0.05) is 0 Å². The molecule has 0 aliphatic heterocycles. The molecule has 0 unspecified atom stereocenters. The minimum atomic E-state index is -1.33. The first-order valence-electron chi connectivity index (χ1n) is 5.17. The number of hydrogen-bond acceptors (Lipinski definition) is 4. The second-order valence-corrected chi connectivity index (χ2v) is 4.47. The van der Waals surface area contributed by atoms with E-state index in [1.165, 1.54) is 31.8 Å². The Morgan fingerprint density at radius 3 is 2.61 bits per heavy atom. The number of nitrogens with zero attached hydrogens (tertiary/aromatic N) is 3. The maximum Gasteiger partial charge on any atom is 0.329 e. The fraction of sp³-hybridized carbons (Fsp3) is 0.400. The lowest BCUT2D eigenvalue weighted by molar-refractivity contribution is -0.145. The zero-order valence-electron chi connectivity index (χ0n) is 10.1. The van der Waals surface area contributed by atoms with Crippen LogP contribution in [0.3, 0.4) is 0 Å². The van der Waals surface area contributed by atoms with E-state index in [0.717, 1.165) is 4.57 Å². The maximum atomic E-state index is 12.0. The Balaban J connectivity index is 2.93. The molecule has 18 heavy (non-hydrogen) atoms. The first-order valence-corrected chi connectivity index (χ1v) is 5.17. The van der Waals surface area contributed by atoms with Gasteiger partial charge >= 0.3 is 11.7 Å². The number of aliphatic carboxylic acids is 1. The predicted molar refractivity (Wildman–Crippen MR) is 62.6 cm³/mol. The molecule has 2 N–H and O–H groups in total. The molecule has 8 heteroatoms. The molecule has 2 heterocycles. The van der Waals surface area contributed by atoms with Crippen LogP contribution >= 0.6 is 0 Å². The number of carboxylic acid groups (broad SMARTS) is 1. The topological polar surface area (TPSA) is 110 Å². The summed E-state index contributed by atoms with van der Waals surface area (Å²) in [4.78, 5) is 40.8. The standard InChI is InChI=1S/C10H12N4O4/c1-10(2,8(16)17)14-4-11-6-5(14)7(15)13(3)9(18)12-6/h4H,1-3H3,(H,12,18)(H,16,17). The number of aromatic nitrogens is 4. The van der Waals surface area contributed by atoms with E-state index in [2.05, 4.69) is 9.97 Å². The highest BCUT2D eigenvalue weighted by molar-refractivity contribution is 5.79. The van der Waals surface area contributed by atoms with Crippen LogP contribution in [0.4, 0.5) is 0 Å². The van der Waals surface area contributed by atoms with Crippen LogP contribution in [-0.4, -0.2) is 30.2 Å². The molecule has 96 valence electrons. The number of carbonyl (C=O) groups is 1. The van der Waals surface area contributed by atoms with Gasteiger partial charge in [0.1, 0.15) is 5.54 Å². The Morgan fingerprint density at radius 2 is 2.06 bits per heavy atom. The first kappa shape index (κ1) is 12.1. The van der Waals surface area contributed by atoms with Gasteiger partial charge < -0.3 is 9.67 Å². The lowest BCUT2D eigenvalue weighted by Crippen LogP contribution is -2.39. The Kier molecular flexibility index (Phi) is 2.39. The number of carboxylic acids is 1. The van der Waals surface area contributed by atoms with Gasteiger partial charge in [0, 0.05) is 7.05 Å². The SMILES string of the molecule is Cn1c(=O)[nH]c2ncn(C(C)(C)C(=O)O)c2c1=O. The van der Waals surface area contributed by atoms with Crippen molar-refractivity contribution in [2.45, 2.75) is 19.4 Å². The summed E-state index contributed by atoms with van der Waals surface area (Å²) in [5.41, 5.74) is -2.37. The van der Waals surface area contributed by atoms with Gasteiger partial charge in [0.25, 0.3) is 5.56 Å². The molecule has 0 aliphatic rings. The van der Waals surface area contributed by atoms with Crippen molar-refractivity contribution in [1.82, 2.24) is 19.1 Å². The molecule has 0 saturated heterocycles. The van der Waals surface area contributed by atoms with Gasteiger partial charge in [-0.05, 0) is 13.8 Å². The molecule has 0 aliphatic carbocycles. The number of fused-ring (bicyclic) bond motifs is 1. The highest BCUT2D eigenvalue weighted by atomic mass is 16.4. The van der Waals surface area contributed by atoms with Crippen LogP contribution < -0.4 is 11.2 Å². The summed E-state index contributed by atoms with van der Waals surface area (Å²) < 4.78 is 2.11. The first-order chi connectivity index (χ1) is 8.26. The summed E-state index contributed by atoms with van der Waals surface area (Å²) in [5, 5.41) is 9.16. The van der Waals surface area contributed by atoms with Crippen LogP contribution in [0.5, 0.6) is 0 Å². The van der Waals surface area contributed by atoms with Gasteiger partial charge in [-0.25, -0.2) is 14.6 Å². The Hall–Kier alpha value is -2.38. The summed E-state index contributed by atoms with van der Waals surface area (Å²) >= 11 is 0. The van der Waals surface area contributed by atoms with Gasteiger partial charge in [0.15, 0.2) is 11.2 Å². The second-order valence-electron chi connectivity index (χ2n) is 4.47. The fourth-order valence-corrected chi connectivity index (χ4v) is 1.61. The summed E-state index contributed by atoms with van der Waals surface area (Å²) in [6.45, 7) is 2.89. The van der Waals surface area contributed by atoms with Gasteiger partial charge in [-0.15, -0.1) is 0 Å². The molecular formula is C10H12N4O4. The molecular weight excluding hydrogens is 240 g/mol. The zero-order valence-corrected chi connectivity index (χ0v) is 10.1. The Bertz CT molecular complexity index is 749.